The number of hydrogen-bond donors (Lipinski definition) is 2. The van der Waals surface area contributed by atoms with Crippen molar-refractivity contribution in [2.75, 3.05) is 5.32 Å². The highest BCUT2D eigenvalue weighted by Gasteiger charge is 2.30. The summed E-state index contributed by atoms with van der Waals surface area (Å²) in [6.07, 6.45) is -2.80. The summed E-state index contributed by atoms with van der Waals surface area (Å²) in [5.41, 5.74) is 3.09. The molecule has 0 spiro atoms. The summed E-state index contributed by atoms with van der Waals surface area (Å²) in [5, 5.41) is 6.90. The first kappa shape index (κ1) is 16.4. The summed E-state index contributed by atoms with van der Waals surface area (Å²) in [6, 6.07) is 4.83. The minimum atomic E-state index is -4.37. The van der Waals surface area contributed by atoms with Crippen LogP contribution < -0.4 is 10.7 Å². The SMILES string of the molecule is CCC(CC)=NNC(=S)Nc1cccc(C(F)(F)F)c1. The largest absolute Gasteiger partial charge is 0.416 e. The average molecular weight is 303 g/mol. The molecule has 0 radical (unpaired) electrons. The molecule has 0 aliphatic rings. The number of benzene rings is 1. The van der Waals surface area contributed by atoms with E-state index in [0.717, 1.165) is 30.7 Å². The van der Waals surface area contributed by atoms with E-state index in [9.17, 15) is 13.2 Å². The van der Waals surface area contributed by atoms with Crippen LogP contribution >= 0.6 is 12.2 Å². The zero-order valence-electron chi connectivity index (χ0n) is 11.2. The van der Waals surface area contributed by atoms with Crippen LogP contribution in [0, 0.1) is 0 Å². The molecule has 1 aromatic rings. The molecule has 20 heavy (non-hydrogen) atoms. The molecule has 0 atom stereocenters. The first-order chi connectivity index (χ1) is 9.36. The summed E-state index contributed by atoms with van der Waals surface area (Å²) in [7, 11) is 0. The fourth-order valence-corrected chi connectivity index (χ4v) is 1.63. The van der Waals surface area contributed by atoms with Crippen LogP contribution in [0.1, 0.15) is 32.3 Å². The Kier molecular flexibility index (Phi) is 5.94. The highest BCUT2D eigenvalue weighted by atomic mass is 32.1. The van der Waals surface area contributed by atoms with Gasteiger partial charge in [0.2, 0.25) is 0 Å². The number of hydrogen-bond acceptors (Lipinski definition) is 2. The van der Waals surface area contributed by atoms with Crippen LogP contribution in [0.2, 0.25) is 0 Å². The van der Waals surface area contributed by atoms with Gasteiger partial charge in [-0.1, -0.05) is 19.9 Å². The smallest absolute Gasteiger partial charge is 0.331 e. The van der Waals surface area contributed by atoms with Gasteiger partial charge in [0.05, 0.1) is 5.56 Å². The molecule has 0 bridgehead atoms. The second-order valence-corrected chi connectivity index (χ2v) is 4.44. The van der Waals surface area contributed by atoms with Gasteiger partial charge in [0.1, 0.15) is 0 Å². The van der Waals surface area contributed by atoms with E-state index in [1.165, 1.54) is 12.1 Å². The molecule has 1 rings (SSSR count). The molecular weight excluding hydrogens is 287 g/mol. The molecule has 3 nitrogen and oxygen atoms in total. The minimum absolute atomic E-state index is 0.156. The minimum Gasteiger partial charge on any atom is -0.331 e. The van der Waals surface area contributed by atoms with E-state index in [4.69, 9.17) is 12.2 Å². The van der Waals surface area contributed by atoms with Crippen LogP contribution in [-0.2, 0) is 6.18 Å². The van der Waals surface area contributed by atoms with Crippen molar-refractivity contribution in [1.82, 2.24) is 5.43 Å². The lowest BCUT2D eigenvalue weighted by Gasteiger charge is -2.11. The predicted molar refractivity (Wildman–Crippen MR) is 78.8 cm³/mol. The lowest BCUT2D eigenvalue weighted by molar-refractivity contribution is -0.137. The maximum atomic E-state index is 12.6. The number of rotatable bonds is 4. The van der Waals surface area contributed by atoms with E-state index in [1.807, 2.05) is 13.8 Å². The molecule has 0 aromatic heterocycles. The Balaban J connectivity index is 2.69. The molecule has 0 aliphatic heterocycles. The normalized spacial score (nSPS) is 10.8. The van der Waals surface area contributed by atoms with Crippen LogP contribution in [0.5, 0.6) is 0 Å². The van der Waals surface area contributed by atoms with Crippen LogP contribution in [-0.4, -0.2) is 10.8 Å². The molecule has 0 aliphatic carbocycles. The van der Waals surface area contributed by atoms with Crippen LogP contribution in [0.25, 0.3) is 0 Å². The first-order valence-electron chi connectivity index (χ1n) is 6.16. The molecule has 0 amide bonds. The lowest BCUT2D eigenvalue weighted by atomic mass is 10.2. The molecule has 0 saturated heterocycles. The molecule has 0 saturated carbocycles. The second-order valence-electron chi connectivity index (χ2n) is 4.03. The summed E-state index contributed by atoms with van der Waals surface area (Å²) < 4.78 is 37.7. The highest BCUT2D eigenvalue weighted by Crippen LogP contribution is 2.30. The lowest BCUT2D eigenvalue weighted by Crippen LogP contribution is -2.25. The Morgan fingerprint density at radius 2 is 1.90 bits per heavy atom. The van der Waals surface area contributed by atoms with E-state index in [0.29, 0.717) is 0 Å². The number of nitrogens with one attached hydrogen (secondary N) is 2. The highest BCUT2D eigenvalue weighted by molar-refractivity contribution is 7.80. The standard InChI is InChI=1S/C13H16F3N3S/c1-3-10(4-2)18-19-12(20)17-11-7-5-6-9(8-11)13(14,15)16/h5-8H,3-4H2,1-2H3,(H2,17,19,20). The average Bonchev–Trinajstić information content (AvgIpc) is 2.39. The van der Waals surface area contributed by atoms with Gasteiger partial charge in [-0.25, -0.2) is 0 Å². The van der Waals surface area contributed by atoms with Crippen molar-refractivity contribution in [3.05, 3.63) is 29.8 Å². The monoisotopic (exact) mass is 303 g/mol. The molecule has 0 unspecified atom stereocenters. The zero-order valence-corrected chi connectivity index (χ0v) is 12.0. The molecule has 1 aromatic carbocycles. The van der Waals surface area contributed by atoms with Crippen molar-refractivity contribution >= 4 is 28.7 Å². The summed E-state index contributed by atoms with van der Waals surface area (Å²) in [6.45, 7) is 3.93. The van der Waals surface area contributed by atoms with E-state index >= 15 is 0 Å². The second kappa shape index (κ2) is 7.23. The Hall–Kier alpha value is -1.63. The Bertz CT molecular complexity index is 492. The molecule has 2 N–H and O–H groups in total. The van der Waals surface area contributed by atoms with Crippen molar-refractivity contribution in [3.63, 3.8) is 0 Å². The molecule has 0 heterocycles. The summed E-state index contributed by atoms with van der Waals surface area (Å²) in [5.74, 6) is 0. The third-order valence-electron chi connectivity index (χ3n) is 2.58. The fraction of sp³-hybridized carbons (Fsp3) is 0.385. The van der Waals surface area contributed by atoms with E-state index in [1.54, 1.807) is 0 Å². The molecule has 0 fully saturated rings. The van der Waals surface area contributed by atoms with Crippen molar-refractivity contribution in [3.8, 4) is 0 Å². The maximum absolute atomic E-state index is 12.6. The molecule has 7 heteroatoms. The summed E-state index contributed by atoms with van der Waals surface area (Å²) >= 11 is 4.98. The Labute approximate surface area is 121 Å². The number of halogens is 3. The van der Waals surface area contributed by atoms with Crippen LogP contribution in [0.15, 0.2) is 29.4 Å². The number of nitrogens with zero attached hydrogens (tertiary/aromatic N) is 1. The quantitative estimate of drug-likeness (QED) is 0.498. The first-order valence-corrected chi connectivity index (χ1v) is 6.57. The predicted octanol–water partition coefficient (Wildman–Crippen LogP) is 4.17. The van der Waals surface area contributed by atoms with E-state index < -0.39 is 11.7 Å². The molecular formula is C13H16F3N3S. The van der Waals surface area contributed by atoms with Crippen molar-refractivity contribution in [2.45, 2.75) is 32.9 Å². The summed E-state index contributed by atoms with van der Waals surface area (Å²) in [4.78, 5) is 0. The fourth-order valence-electron chi connectivity index (χ4n) is 1.47. The maximum Gasteiger partial charge on any atom is 0.416 e. The van der Waals surface area contributed by atoms with Crippen molar-refractivity contribution in [2.24, 2.45) is 5.10 Å². The Morgan fingerprint density at radius 3 is 2.45 bits per heavy atom. The van der Waals surface area contributed by atoms with Gasteiger partial charge in [0.15, 0.2) is 5.11 Å². The van der Waals surface area contributed by atoms with Crippen LogP contribution in [0.3, 0.4) is 0 Å². The van der Waals surface area contributed by atoms with Gasteiger partial charge in [0, 0.05) is 11.4 Å². The third-order valence-corrected chi connectivity index (χ3v) is 2.77. The van der Waals surface area contributed by atoms with Gasteiger partial charge in [-0.3, -0.25) is 5.43 Å². The number of anilines is 1. The van der Waals surface area contributed by atoms with Gasteiger partial charge >= 0.3 is 6.18 Å². The van der Waals surface area contributed by atoms with Crippen molar-refractivity contribution in [1.29, 1.82) is 0 Å². The topological polar surface area (TPSA) is 36.4 Å². The zero-order chi connectivity index (χ0) is 15.2. The number of alkyl halides is 3. The van der Waals surface area contributed by atoms with Crippen LogP contribution in [0.4, 0.5) is 18.9 Å². The Morgan fingerprint density at radius 1 is 1.25 bits per heavy atom. The number of thiocarbonyl (C=S) groups is 1. The van der Waals surface area contributed by atoms with Gasteiger partial charge in [-0.2, -0.15) is 18.3 Å². The van der Waals surface area contributed by atoms with Gasteiger partial charge in [-0.05, 0) is 43.3 Å². The van der Waals surface area contributed by atoms with E-state index in [2.05, 4.69) is 15.8 Å². The van der Waals surface area contributed by atoms with Gasteiger partial charge in [0.25, 0.3) is 0 Å². The van der Waals surface area contributed by atoms with Crippen molar-refractivity contribution < 1.29 is 13.2 Å². The van der Waals surface area contributed by atoms with Gasteiger partial charge < -0.3 is 5.32 Å². The third kappa shape index (κ3) is 5.16. The number of hydrazone groups is 1. The van der Waals surface area contributed by atoms with E-state index in [-0.39, 0.29) is 10.8 Å². The molecule has 110 valence electrons. The van der Waals surface area contributed by atoms with Gasteiger partial charge in [-0.15, -0.1) is 0 Å².